The van der Waals surface area contributed by atoms with E-state index in [0.717, 1.165) is 42.4 Å². The smallest absolute Gasteiger partial charge is 0.308 e. The highest BCUT2D eigenvalue weighted by molar-refractivity contribution is 5.95. The van der Waals surface area contributed by atoms with Crippen molar-refractivity contribution in [3.8, 4) is 0 Å². The molecule has 0 radical (unpaired) electrons. The molecule has 1 aromatic rings. The molecule has 0 aliphatic heterocycles. The second-order valence-electron chi connectivity index (χ2n) is 5.86. The molecule has 1 amide bonds. The fourth-order valence-electron chi connectivity index (χ4n) is 2.97. The van der Waals surface area contributed by atoms with Crippen molar-refractivity contribution in [3.05, 3.63) is 34.9 Å². The number of hydrogen-bond donors (Lipinski definition) is 1. The molecule has 0 unspecified atom stereocenters. The Morgan fingerprint density at radius 3 is 2.38 bits per heavy atom. The molecule has 114 valence electrons. The number of nitrogens with one attached hydrogen (secondary N) is 1. The zero-order chi connectivity index (χ0) is 15.4. The third-order valence-corrected chi connectivity index (χ3v) is 4.22. The number of benzene rings is 1. The minimum Gasteiger partial charge on any atom is -0.469 e. The molecule has 1 fully saturated rings. The Morgan fingerprint density at radius 1 is 1.14 bits per heavy atom. The molecule has 1 aliphatic rings. The number of amides is 1. The highest BCUT2D eigenvalue weighted by Crippen LogP contribution is 2.25. The summed E-state index contributed by atoms with van der Waals surface area (Å²) in [5.74, 6) is -0.160. The maximum absolute atomic E-state index is 12.3. The second-order valence-corrected chi connectivity index (χ2v) is 5.86. The standard InChI is InChI=1S/C17H23NO3/c1-11-4-9-15(12(2)10-11)16(19)18-14-7-5-13(6-8-14)17(20)21-3/h4,9-10,13-14H,5-8H2,1-3H3,(H,18,19). The predicted octanol–water partition coefficient (Wildman–Crippen LogP) is 2.77. The van der Waals surface area contributed by atoms with E-state index in [9.17, 15) is 9.59 Å². The van der Waals surface area contributed by atoms with Crippen molar-refractivity contribution >= 4 is 11.9 Å². The van der Waals surface area contributed by atoms with E-state index in [1.54, 1.807) is 0 Å². The summed E-state index contributed by atoms with van der Waals surface area (Å²) in [7, 11) is 1.43. The van der Waals surface area contributed by atoms with Gasteiger partial charge in [0.15, 0.2) is 0 Å². The SMILES string of the molecule is COC(=O)C1CCC(NC(=O)c2ccc(C)cc2C)CC1. The van der Waals surface area contributed by atoms with Crippen molar-refractivity contribution in [2.24, 2.45) is 5.92 Å². The fraction of sp³-hybridized carbons (Fsp3) is 0.529. The van der Waals surface area contributed by atoms with Gasteiger partial charge in [-0.3, -0.25) is 9.59 Å². The van der Waals surface area contributed by atoms with Crippen molar-refractivity contribution in [1.82, 2.24) is 5.32 Å². The summed E-state index contributed by atoms with van der Waals surface area (Å²) in [6.45, 7) is 3.97. The summed E-state index contributed by atoms with van der Waals surface area (Å²) in [6, 6.07) is 6.00. The van der Waals surface area contributed by atoms with Crippen molar-refractivity contribution in [2.45, 2.75) is 45.6 Å². The second kappa shape index (κ2) is 6.74. The van der Waals surface area contributed by atoms with Crippen molar-refractivity contribution in [1.29, 1.82) is 0 Å². The molecular formula is C17H23NO3. The van der Waals surface area contributed by atoms with Crippen LogP contribution in [0.1, 0.15) is 47.2 Å². The van der Waals surface area contributed by atoms with Gasteiger partial charge in [-0.1, -0.05) is 17.7 Å². The van der Waals surface area contributed by atoms with Crippen molar-refractivity contribution < 1.29 is 14.3 Å². The Morgan fingerprint density at radius 2 is 1.81 bits per heavy atom. The molecule has 0 heterocycles. The highest BCUT2D eigenvalue weighted by Gasteiger charge is 2.27. The molecule has 0 spiro atoms. The van der Waals surface area contributed by atoms with E-state index in [0.29, 0.717) is 0 Å². The first-order valence-corrected chi connectivity index (χ1v) is 7.47. The summed E-state index contributed by atoms with van der Waals surface area (Å²) in [5, 5.41) is 3.08. The minimum atomic E-state index is -0.130. The molecule has 0 bridgehead atoms. The first-order chi connectivity index (χ1) is 10.0. The number of carbonyl (C=O) groups excluding carboxylic acids is 2. The lowest BCUT2D eigenvalue weighted by atomic mass is 9.86. The molecule has 0 aromatic heterocycles. The molecule has 4 nitrogen and oxygen atoms in total. The van der Waals surface area contributed by atoms with E-state index in [4.69, 9.17) is 4.74 Å². The van der Waals surface area contributed by atoms with Gasteiger partial charge < -0.3 is 10.1 Å². The summed E-state index contributed by atoms with van der Waals surface area (Å²) in [4.78, 5) is 23.8. The van der Waals surface area contributed by atoms with E-state index in [1.165, 1.54) is 7.11 Å². The first-order valence-electron chi connectivity index (χ1n) is 7.47. The number of aryl methyl sites for hydroxylation is 2. The van der Waals surface area contributed by atoms with Crippen LogP contribution in [-0.4, -0.2) is 25.0 Å². The van der Waals surface area contributed by atoms with Gasteiger partial charge in [-0.25, -0.2) is 0 Å². The molecule has 2 rings (SSSR count). The molecule has 1 aliphatic carbocycles. The van der Waals surface area contributed by atoms with E-state index < -0.39 is 0 Å². The third-order valence-electron chi connectivity index (χ3n) is 4.22. The van der Waals surface area contributed by atoms with E-state index in [2.05, 4.69) is 5.32 Å². The molecule has 4 heteroatoms. The highest BCUT2D eigenvalue weighted by atomic mass is 16.5. The lowest BCUT2D eigenvalue weighted by molar-refractivity contribution is -0.146. The van der Waals surface area contributed by atoms with Crippen molar-refractivity contribution in [3.63, 3.8) is 0 Å². The predicted molar refractivity (Wildman–Crippen MR) is 81.1 cm³/mol. The number of carbonyl (C=O) groups is 2. The summed E-state index contributed by atoms with van der Waals surface area (Å²) in [5.41, 5.74) is 2.88. The van der Waals surface area contributed by atoms with Gasteiger partial charge in [0.1, 0.15) is 0 Å². The summed E-state index contributed by atoms with van der Waals surface area (Å²) in [6.07, 6.45) is 3.22. The van der Waals surface area contributed by atoms with Crippen molar-refractivity contribution in [2.75, 3.05) is 7.11 Å². The number of hydrogen-bond acceptors (Lipinski definition) is 3. The van der Waals surface area contributed by atoms with Crippen LogP contribution in [-0.2, 0) is 9.53 Å². The van der Waals surface area contributed by atoms with Gasteiger partial charge >= 0.3 is 5.97 Å². The molecule has 1 N–H and O–H groups in total. The molecule has 1 saturated carbocycles. The lowest BCUT2D eigenvalue weighted by Gasteiger charge is -2.27. The Bertz CT molecular complexity index is 531. The van der Waals surface area contributed by atoms with Crippen LogP contribution in [0.25, 0.3) is 0 Å². The Balaban J connectivity index is 1.91. The number of rotatable bonds is 3. The maximum Gasteiger partial charge on any atom is 0.308 e. The van der Waals surface area contributed by atoms with Gasteiger partial charge in [-0.15, -0.1) is 0 Å². The molecule has 1 aromatic carbocycles. The minimum absolute atomic E-state index is 0.00994. The average Bonchev–Trinajstić information content (AvgIpc) is 2.47. The van der Waals surface area contributed by atoms with Crippen LogP contribution in [0.5, 0.6) is 0 Å². The zero-order valence-corrected chi connectivity index (χ0v) is 12.9. The van der Waals surface area contributed by atoms with E-state index in [1.807, 2.05) is 32.0 Å². The number of ether oxygens (including phenoxy) is 1. The third kappa shape index (κ3) is 3.84. The Labute approximate surface area is 125 Å². The van der Waals surface area contributed by atoms with Crippen LogP contribution in [0.15, 0.2) is 18.2 Å². The van der Waals surface area contributed by atoms with Crippen LogP contribution < -0.4 is 5.32 Å². The zero-order valence-electron chi connectivity index (χ0n) is 12.9. The maximum atomic E-state index is 12.3. The first kappa shape index (κ1) is 15.5. The topological polar surface area (TPSA) is 55.4 Å². The van der Waals surface area contributed by atoms with Gasteiger partial charge in [0.2, 0.25) is 0 Å². The van der Waals surface area contributed by atoms with Crippen LogP contribution in [0.2, 0.25) is 0 Å². The van der Waals surface area contributed by atoms with Crippen LogP contribution in [0.4, 0.5) is 0 Å². The number of esters is 1. The van der Waals surface area contributed by atoms with Crippen LogP contribution in [0, 0.1) is 19.8 Å². The normalized spacial score (nSPS) is 21.7. The van der Waals surface area contributed by atoms with Gasteiger partial charge in [-0.2, -0.15) is 0 Å². The van der Waals surface area contributed by atoms with Gasteiger partial charge in [-0.05, 0) is 51.2 Å². The van der Waals surface area contributed by atoms with Crippen LogP contribution >= 0.6 is 0 Å². The van der Waals surface area contributed by atoms with Crippen LogP contribution in [0.3, 0.4) is 0 Å². The lowest BCUT2D eigenvalue weighted by Crippen LogP contribution is -2.39. The Hall–Kier alpha value is -1.84. The molecular weight excluding hydrogens is 266 g/mol. The fourth-order valence-corrected chi connectivity index (χ4v) is 2.97. The largest absolute Gasteiger partial charge is 0.469 e. The monoisotopic (exact) mass is 289 g/mol. The van der Waals surface area contributed by atoms with Gasteiger partial charge in [0.05, 0.1) is 13.0 Å². The quantitative estimate of drug-likeness (QED) is 0.871. The summed E-state index contributed by atoms with van der Waals surface area (Å²) < 4.78 is 4.78. The van der Waals surface area contributed by atoms with Gasteiger partial charge in [0, 0.05) is 11.6 Å². The van der Waals surface area contributed by atoms with Gasteiger partial charge in [0.25, 0.3) is 5.91 Å². The Kier molecular flexibility index (Phi) is 4.99. The molecule has 0 atom stereocenters. The molecule has 0 saturated heterocycles. The van der Waals surface area contributed by atoms with E-state index in [-0.39, 0.29) is 23.8 Å². The van der Waals surface area contributed by atoms with E-state index >= 15 is 0 Å². The summed E-state index contributed by atoms with van der Waals surface area (Å²) >= 11 is 0. The molecule has 21 heavy (non-hydrogen) atoms. The number of methoxy groups -OCH3 is 1. The average molecular weight is 289 g/mol.